The lowest BCUT2D eigenvalue weighted by Crippen LogP contribution is -2.31. The quantitative estimate of drug-likeness (QED) is 0.753. The van der Waals surface area contributed by atoms with Gasteiger partial charge in [0.05, 0.1) is 0 Å². The fourth-order valence-electron chi connectivity index (χ4n) is 1.21. The van der Waals surface area contributed by atoms with E-state index < -0.39 is 8.32 Å². The van der Waals surface area contributed by atoms with Crippen molar-refractivity contribution in [2.24, 2.45) is 0 Å². The summed E-state index contributed by atoms with van der Waals surface area (Å²) in [6.45, 7) is 9.51. The first-order chi connectivity index (χ1) is 7.90. The molecule has 92 valence electrons. The van der Waals surface area contributed by atoms with Gasteiger partial charge in [0.15, 0.2) is 6.61 Å². The standard InChI is InChI=1S/C13H18O3Si/c1-5-11-6-8-12(9-7-11)15-10-13(14)16-17(2,3)4/h5-9H,1,10H2,2-4H3. The molecule has 0 radical (unpaired) electrons. The van der Waals surface area contributed by atoms with E-state index in [4.69, 9.17) is 9.16 Å². The fraction of sp³-hybridized carbons (Fsp3) is 0.308. The fourth-order valence-corrected chi connectivity index (χ4v) is 1.96. The molecule has 0 aliphatic heterocycles. The van der Waals surface area contributed by atoms with Gasteiger partial charge in [0.25, 0.3) is 0 Å². The van der Waals surface area contributed by atoms with Crippen molar-refractivity contribution in [1.29, 1.82) is 0 Å². The minimum Gasteiger partial charge on any atom is -0.517 e. The molecule has 0 N–H and O–H groups in total. The van der Waals surface area contributed by atoms with Gasteiger partial charge in [-0.15, -0.1) is 0 Å². The minimum atomic E-state index is -1.82. The summed E-state index contributed by atoms with van der Waals surface area (Å²) < 4.78 is 10.6. The minimum absolute atomic E-state index is 0.0439. The van der Waals surface area contributed by atoms with Gasteiger partial charge >= 0.3 is 5.97 Å². The summed E-state index contributed by atoms with van der Waals surface area (Å²) in [7, 11) is -1.82. The van der Waals surface area contributed by atoms with Gasteiger partial charge in [0, 0.05) is 0 Å². The number of carbonyl (C=O) groups is 1. The number of hydrogen-bond donors (Lipinski definition) is 0. The molecule has 3 nitrogen and oxygen atoms in total. The molecule has 0 fully saturated rings. The third-order valence-electron chi connectivity index (χ3n) is 1.89. The van der Waals surface area contributed by atoms with Crippen molar-refractivity contribution in [1.82, 2.24) is 0 Å². The van der Waals surface area contributed by atoms with E-state index in [2.05, 4.69) is 6.58 Å². The number of rotatable bonds is 5. The number of carbonyl (C=O) groups excluding carboxylic acids is 1. The Morgan fingerprint density at radius 1 is 1.29 bits per heavy atom. The van der Waals surface area contributed by atoms with E-state index in [1.54, 1.807) is 18.2 Å². The highest BCUT2D eigenvalue weighted by molar-refractivity contribution is 6.71. The van der Waals surface area contributed by atoms with E-state index in [1.165, 1.54) is 0 Å². The van der Waals surface area contributed by atoms with Crippen LogP contribution in [0.4, 0.5) is 0 Å². The Morgan fingerprint density at radius 2 is 1.88 bits per heavy atom. The van der Waals surface area contributed by atoms with Crippen molar-refractivity contribution in [3.63, 3.8) is 0 Å². The predicted octanol–water partition coefficient (Wildman–Crippen LogP) is 3.09. The van der Waals surface area contributed by atoms with Gasteiger partial charge in [-0.25, -0.2) is 4.79 Å². The Morgan fingerprint density at radius 3 is 2.35 bits per heavy atom. The topological polar surface area (TPSA) is 35.5 Å². The molecule has 0 bridgehead atoms. The molecule has 0 aliphatic rings. The summed E-state index contributed by atoms with van der Waals surface area (Å²) in [5.74, 6) is 0.347. The molecule has 0 heterocycles. The first-order valence-electron chi connectivity index (χ1n) is 5.48. The summed E-state index contributed by atoms with van der Waals surface area (Å²) in [4.78, 5) is 11.4. The van der Waals surface area contributed by atoms with Gasteiger partial charge in [0.1, 0.15) is 5.75 Å². The largest absolute Gasteiger partial charge is 0.517 e. The molecule has 17 heavy (non-hydrogen) atoms. The normalized spacial score (nSPS) is 10.8. The lowest BCUT2D eigenvalue weighted by Gasteiger charge is -2.17. The number of ether oxygens (including phenoxy) is 1. The molecule has 1 rings (SSSR count). The molecular formula is C13H18O3Si. The maximum atomic E-state index is 11.4. The molecule has 1 aromatic carbocycles. The Labute approximate surface area is 103 Å². The second kappa shape index (κ2) is 5.68. The molecule has 0 aromatic heterocycles. The zero-order chi connectivity index (χ0) is 12.9. The summed E-state index contributed by atoms with van der Waals surface area (Å²) in [5, 5.41) is 0. The van der Waals surface area contributed by atoms with Gasteiger partial charge in [0.2, 0.25) is 8.32 Å². The average molecular weight is 250 g/mol. The smallest absolute Gasteiger partial charge is 0.330 e. The second-order valence-electron chi connectivity index (χ2n) is 4.65. The number of hydrogen-bond acceptors (Lipinski definition) is 3. The highest BCUT2D eigenvalue weighted by Gasteiger charge is 2.19. The molecule has 0 atom stereocenters. The molecule has 0 saturated heterocycles. The molecule has 0 aliphatic carbocycles. The highest BCUT2D eigenvalue weighted by Crippen LogP contribution is 2.13. The molecular weight excluding hydrogens is 232 g/mol. The Bertz CT molecular complexity index is 390. The molecule has 0 amide bonds. The van der Waals surface area contributed by atoms with Crippen LogP contribution in [0.5, 0.6) is 5.75 Å². The van der Waals surface area contributed by atoms with Crippen molar-refractivity contribution < 1.29 is 14.0 Å². The van der Waals surface area contributed by atoms with Gasteiger partial charge in [-0.3, -0.25) is 0 Å². The Hall–Kier alpha value is -1.55. The van der Waals surface area contributed by atoms with Crippen molar-refractivity contribution in [3.05, 3.63) is 36.4 Å². The Kier molecular flexibility index (Phi) is 4.51. The van der Waals surface area contributed by atoms with E-state index >= 15 is 0 Å². The molecule has 4 heteroatoms. The van der Waals surface area contributed by atoms with Crippen LogP contribution in [0, 0.1) is 0 Å². The van der Waals surface area contributed by atoms with Crippen LogP contribution < -0.4 is 4.74 Å². The van der Waals surface area contributed by atoms with E-state index in [0.29, 0.717) is 5.75 Å². The molecule has 0 saturated carbocycles. The first kappa shape index (κ1) is 13.5. The highest BCUT2D eigenvalue weighted by atomic mass is 28.4. The monoisotopic (exact) mass is 250 g/mol. The van der Waals surface area contributed by atoms with Crippen molar-refractivity contribution in [2.45, 2.75) is 19.6 Å². The third-order valence-corrected chi connectivity index (χ3v) is 2.73. The maximum Gasteiger partial charge on any atom is 0.330 e. The number of benzene rings is 1. The average Bonchev–Trinajstić information content (AvgIpc) is 2.25. The van der Waals surface area contributed by atoms with Crippen LogP contribution in [0.1, 0.15) is 5.56 Å². The van der Waals surface area contributed by atoms with Crippen LogP contribution in [0.15, 0.2) is 30.8 Å². The molecule has 1 aromatic rings. The lowest BCUT2D eigenvalue weighted by atomic mass is 10.2. The van der Waals surface area contributed by atoms with Gasteiger partial charge < -0.3 is 9.16 Å². The molecule has 0 spiro atoms. The summed E-state index contributed by atoms with van der Waals surface area (Å²) in [5.41, 5.74) is 1.02. The van der Waals surface area contributed by atoms with Crippen molar-refractivity contribution in [3.8, 4) is 5.75 Å². The van der Waals surface area contributed by atoms with Crippen molar-refractivity contribution >= 4 is 20.4 Å². The summed E-state index contributed by atoms with van der Waals surface area (Å²) >= 11 is 0. The van der Waals surface area contributed by atoms with Crippen LogP contribution in [-0.2, 0) is 9.22 Å². The van der Waals surface area contributed by atoms with Crippen LogP contribution >= 0.6 is 0 Å². The molecule has 0 unspecified atom stereocenters. The van der Waals surface area contributed by atoms with Gasteiger partial charge in [-0.05, 0) is 37.3 Å². The van der Waals surface area contributed by atoms with Crippen LogP contribution in [0.25, 0.3) is 6.08 Å². The van der Waals surface area contributed by atoms with Crippen LogP contribution in [0.3, 0.4) is 0 Å². The maximum absolute atomic E-state index is 11.4. The van der Waals surface area contributed by atoms with Crippen LogP contribution in [0.2, 0.25) is 19.6 Å². The van der Waals surface area contributed by atoms with E-state index in [0.717, 1.165) is 5.56 Å². The zero-order valence-electron chi connectivity index (χ0n) is 10.5. The summed E-state index contributed by atoms with van der Waals surface area (Å²) in [6, 6.07) is 7.37. The predicted molar refractivity (Wildman–Crippen MR) is 71.5 cm³/mol. The SMILES string of the molecule is C=Cc1ccc(OCC(=O)O[Si](C)(C)C)cc1. The van der Waals surface area contributed by atoms with E-state index in [9.17, 15) is 4.79 Å². The summed E-state index contributed by atoms with van der Waals surface area (Å²) in [6.07, 6.45) is 1.75. The lowest BCUT2D eigenvalue weighted by molar-refractivity contribution is -0.137. The third kappa shape index (κ3) is 5.35. The van der Waals surface area contributed by atoms with Gasteiger partial charge in [-0.1, -0.05) is 24.8 Å². The first-order valence-corrected chi connectivity index (χ1v) is 8.89. The van der Waals surface area contributed by atoms with E-state index in [-0.39, 0.29) is 12.6 Å². The zero-order valence-corrected chi connectivity index (χ0v) is 11.5. The van der Waals surface area contributed by atoms with Crippen molar-refractivity contribution in [2.75, 3.05) is 6.61 Å². The van der Waals surface area contributed by atoms with Gasteiger partial charge in [-0.2, -0.15) is 0 Å². The Balaban J connectivity index is 2.44. The van der Waals surface area contributed by atoms with Crippen LogP contribution in [-0.4, -0.2) is 20.9 Å². The second-order valence-corrected chi connectivity index (χ2v) is 9.08. The van der Waals surface area contributed by atoms with E-state index in [1.807, 2.05) is 31.8 Å².